The molecule has 0 saturated carbocycles. The van der Waals surface area contributed by atoms with Crippen molar-refractivity contribution < 1.29 is 13.9 Å². The van der Waals surface area contributed by atoms with Gasteiger partial charge in [-0.15, -0.1) is 0 Å². The van der Waals surface area contributed by atoms with Crippen molar-refractivity contribution in [2.75, 3.05) is 13.2 Å². The van der Waals surface area contributed by atoms with Crippen molar-refractivity contribution in [1.29, 1.82) is 0 Å². The number of H-pyrrole nitrogens is 1. The van der Waals surface area contributed by atoms with Gasteiger partial charge in [0, 0.05) is 18.2 Å². The third kappa shape index (κ3) is 2.29. The van der Waals surface area contributed by atoms with Gasteiger partial charge in [0.05, 0.1) is 23.7 Å². The summed E-state index contributed by atoms with van der Waals surface area (Å²) in [4.78, 5) is 15.3. The number of hydrogen-bond acceptors (Lipinski definition) is 2. The number of rotatable bonds is 2. The Bertz CT molecular complexity index is 645. The molecular formula is C15H17FN2O2. The molecule has 1 amide bonds. The van der Waals surface area contributed by atoms with Gasteiger partial charge in [-0.05, 0) is 31.4 Å². The van der Waals surface area contributed by atoms with Crippen LogP contribution in [0.1, 0.15) is 28.8 Å². The van der Waals surface area contributed by atoms with Crippen LogP contribution >= 0.6 is 0 Å². The lowest BCUT2D eigenvalue weighted by atomic mass is 10.1. The van der Waals surface area contributed by atoms with Crippen molar-refractivity contribution in [2.24, 2.45) is 0 Å². The predicted octanol–water partition coefficient (Wildman–Crippen LogP) is 2.52. The summed E-state index contributed by atoms with van der Waals surface area (Å²) in [5.41, 5.74) is 1.95. The zero-order valence-corrected chi connectivity index (χ0v) is 11.3. The van der Waals surface area contributed by atoms with Gasteiger partial charge in [0.25, 0.3) is 5.91 Å². The first-order valence-electron chi connectivity index (χ1n) is 6.81. The summed E-state index contributed by atoms with van der Waals surface area (Å²) < 4.78 is 19.3. The molecule has 5 heteroatoms. The highest BCUT2D eigenvalue weighted by Gasteiger charge is 2.21. The first-order chi connectivity index (χ1) is 9.66. The molecule has 2 heterocycles. The first-order valence-corrected chi connectivity index (χ1v) is 6.81. The molecule has 0 bridgehead atoms. The standard InChI is InChI=1S/C15H17FN2O2/c1-9-4-5-12(16)13-11(7-17-14(9)13)15(19)18-10-3-2-6-20-8-10/h4-5,7,10,17H,2-3,6,8H2,1H3,(H,18,19)/t10-/m1/s1. The number of nitrogens with one attached hydrogen (secondary N) is 2. The molecule has 106 valence electrons. The molecule has 4 nitrogen and oxygen atoms in total. The van der Waals surface area contributed by atoms with E-state index in [2.05, 4.69) is 10.3 Å². The topological polar surface area (TPSA) is 54.1 Å². The average molecular weight is 276 g/mol. The Hall–Kier alpha value is -1.88. The Balaban J connectivity index is 1.89. The summed E-state index contributed by atoms with van der Waals surface area (Å²) >= 11 is 0. The number of halogens is 1. The zero-order chi connectivity index (χ0) is 14.1. The summed E-state index contributed by atoms with van der Waals surface area (Å²) in [6, 6.07) is 3.10. The first kappa shape index (κ1) is 13.1. The molecule has 2 aromatic rings. The number of ether oxygens (including phenoxy) is 1. The minimum Gasteiger partial charge on any atom is -0.379 e. The van der Waals surface area contributed by atoms with E-state index in [4.69, 9.17) is 4.74 Å². The molecule has 1 aliphatic rings. The lowest BCUT2D eigenvalue weighted by Crippen LogP contribution is -2.40. The Labute approximate surface area is 116 Å². The molecule has 1 saturated heterocycles. The Morgan fingerprint density at radius 2 is 2.35 bits per heavy atom. The van der Waals surface area contributed by atoms with E-state index in [1.54, 1.807) is 12.3 Å². The number of hydrogen-bond donors (Lipinski definition) is 2. The summed E-state index contributed by atoms with van der Waals surface area (Å²) in [6.07, 6.45) is 3.40. The van der Waals surface area contributed by atoms with E-state index in [1.807, 2.05) is 6.92 Å². The number of amides is 1. The molecule has 0 radical (unpaired) electrons. The molecule has 1 aromatic carbocycles. The van der Waals surface area contributed by atoms with Crippen LogP contribution < -0.4 is 5.32 Å². The van der Waals surface area contributed by atoms with Crippen LogP contribution in [0.3, 0.4) is 0 Å². The third-order valence-electron chi connectivity index (χ3n) is 3.73. The van der Waals surface area contributed by atoms with Crippen molar-refractivity contribution >= 4 is 16.8 Å². The number of carbonyl (C=O) groups excluding carboxylic acids is 1. The SMILES string of the molecule is Cc1ccc(F)c2c(C(=O)N[C@@H]3CCCOC3)c[nH]c12. The Morgan fingerprint density at radius 3 is 3.10 bits per heavy atom. The van der Waals surface area contributed by atoms with E-state index in [1.165, 1.54) is 6.07 Å². The number of carbonyl (C=O) groups is 1. The molecule has 1 fully saturated rings. The molecule has 0 aliphatic carbocycles. The van der Waals surface area contributed by atoms with E-state index in [0.29, 0.717) is 23.1 Å². The van der Waals surface area contributed by atoms with Gasteiger partial charge < -0.3 is 15.0 Å². The fraction of sp³-hybridized carbons (Fsp3) is 0.400. The highest BCUT2D eigenvalue weighted by Crippen LogP contribution is 2.24. The highest BCUT2D eigenvalue weighted by molar-refractivity contribution is 6.07. The van der Waals surface area contributed by atoms with Crippen LogP contribution in [-0.2, 0) is 4.74 Å². The van der Waals surface area contributed by atoms with Crippen LogP contribution in [0.2, 0.25) is 0 Å². The van der Waals surface area contributed by atoms with Gasteiger partial charge in [-0.25, -0.2) is 4.39 Å². The normalized spacial score (nSPS) is 19.2. The zero-order valence-electron chi connectivity index (χ0n) is 11.3. The van der Waals surface area contributed by atoms with Gasteiger partial charge in [0.2, 0.25) is 0 Å². The molecule has 20 heavy (non-hydrogen) atoms. The molecule has 1 aromatic heterocycles. The average Bonchev–Trinajstić information content (AvgIpc) is 2.90. The molecule has 1 aliphatic heterocycles. The fourth-order valence-electron chi connectivity index (χ4n) is 2.64. The largest absolute Gasteiger partial charge is 0.379 e. The summed E-state index contributed by atoms with van der Waals surface area (Å²) in [5, 5.41) is 3.27. The van der Waals surface area contributed by atoms with Gasteiger partial charge >= 0.3 is 0 Å². The monoisotopic (exact) mass is 276 g/mol. The number of aromatic amines is 1. The highest BCUT2D eigenvalue weighted by atomic mass is 19.1. The van der Waals surface area contributed by atoms with E-state index >= 15 is 0 Å². The van der Waals surface area contributed by atoms with Crippen molar-refractivity contribution in [3.05, 3.63) is 35.3 Å². The maximum Gasteiger partial charge on any atom is 0.253 e. The van der Waals surface area contributed by atoms with E-state index in [-0.39, 0.29) is 17.8 Å². The van der Waals surface area contributed by atoms with Crippen LogP contribution in [-0.4, -0.2) is 30.1 Å². The second-order valence-corrected chi connectivity index (χ2v) is 5.20. The predicted molar refractivity (Wildman–Crippen MR) is 74.3 cm³/mol. The molecule has 2 N–H and O–H groups in total. The minimum atomic E-state index is -0.378. The Morgan fingerprint density at radius 1 is 1.50 bits per heavy atom. The van der Waals surface area contributed by atoms with Crippen LogP contribution in [0.15, 0.2) is 18.3 Å². The van der Waals surface area contributed by atoms with Gasteiger partial charge in [-0.1, -0.05) is 6.07 Å². The van der Waals surface area contributed by atoms with Crippen molar-refractivity contribution in [3.63, 3.8) is 0 Å². The van der Waals surface area contributed by atoms with Crippen LogP contribution in [0.4, 0.5) is 4.39 Å². The fourth-order valence-corrected chi connectivity index (χ4v) is 2.64. The van der Waals surface area contributed by atoms with Gasteiger partial charge in [0.1, 0.15) is 5.82 Å². The molecule has 0 unspecified atom stereocenters. The Kier molecular flexibility index (Phi) is 3.44. The summed E-state index contributed by atoms with van der Waals surface area (Å²) in [5.74, 6) is -0.631. The summed E-state index contributed by atoms with van der Waals surface area (Å²) in [6.45, 7) is 3.15. The van der Waals surface area contributed by atoms with Gasteiger partial charge in [-0.2, -0.15) is 0 Å². The minimum absolute atomic E-state index is 0.00840. The smallest absolute Gasteiger partial charge is 0.253 e. The van der Waals surface area contributed by atoms with Crippen molar-refractivity contribution in [3.8, 4) is 0 Å². The molecule has 0 spiro atoms. The maximum absolute atomic E-state index is 14.0. The van der Waals surface area contributed by atoms with Crippen LogP contribution in [0.25, 0.3) is 10.9 Å². The van der Waals surface area contributed by atoms with E-state index < -0.39 is 0 Å². The number of aryl methyl sites for hydroxylation is 1. The second kappa shape index (κ2) is 5.25. The van der Waals surface area contributed by atoms with Gasteiger partial charge in [-0.3, -0.25) is 4.79 Å². The molecule has 3 rings (SSSR count). The number of fused-ring (bicyclic) bond motifs is 1. The van der Waals surface area contributed by atoms with Crippen LogP contribution in [0.5, 0.6) is 0 Å². The van der Waals surface area contributed by atoms with Crippen molar-refractivity contribution in [2.45, 2.75) is 25.8 Å². The van der Waals surface area contributed by atoms with E-state index in [0.717, 1.165) is 25.0 Å². The van der Waals surface area contributed by atoms with Crippen molar-refractivity contribution in [1.82, 2.24) is 10.3 Å². The molecule has 1 atom stereocenters. The second-order valence-electron chi connectivity index (χ2n) is 5.20. The summed E-state index contributed by atoms with van der Waals surface area (Å²) in [7, 11) is 0. The van der Waals surface area contributed by atoms with E-state index in [9.17, 15) is 9.18 Å². The van der Waals surface area contributed by atoms with Gasteiger partial charge in [0.15, 0.2) is 0 Å². The lowest BCUT2D eigenvalue weighted by Gasteiger charge is -2.22. The lowest BCUT2D eigenvalue weighted by molar-refractivity contribution is 0.0625. The third-order valence-corrected chi connectivity index (χ3v) is 3.73. The number of benzene rings is 1. The maximum atomic E-state index is 14.0. The molecular weight excluding hydrogens is 259 g/mol. The van der Waals surface area contributed by atoms with Crippen LogP contribution in [0, 0.1) is 12.7 Å². The quantitative estimate of drug-likeness (QED) is 0.885. The number of aromatic nitrogens is 1.